The molecule has 1 heterocycles. The molecule has 0 spiro atoms. The molecule has 0 unspecified atom stereocenters. The Hall–Kier alpha value is -2.60. The molecule has 0 aliphatic rings. The van der Waals surface area contributed by atoms with Crippen molar-refractivity contribution in [2.75, 3.05) is 6.54 Å². The van der Waals surface area contributed by atoms with E-state index in [4.69, 9.17) is 11.5 Å². The number of guanidine groups is 1. The monoisotopic (exact) mass is 330 g/mol. The minimum Gasteiger partial charge on any atom is -0.370 e. The summed E-state index contributed by atoms with van der Waals surface area (Å²) in [6.07, 6.45) is 2.60. The zero-order valence-corrected chi connectivity index (χ0v) is 13.4. The smallest absolute Gasteiger partial charge is 0.185 e. The maximum atomic E-state index is 5.30. The average Bonchev–Trinajstić information content (AvgIpc) is 2.94. The minimum absolute atomic E-state index is 0. The van der Waals surface area contributed by atoms with Gasteiger partial charge in [-0.25, -0.2) is 4.68 Å². The molecule has 3 rings (SSSR count). The van der Waals surface area contributed by atoms with Gasteiger partial charge in [0, 0.05) is 19.2 Å². The van der Waals surface area contributed by atoms with Gasteiger partial charge in [-0.05, 0) is 22.4 Å². The van der Waals surface area contributed by atoms with Crippen molar-refractivity contribution in [1.82, 2.24) is 15.0 Å². The number of nitrogens with two attached hydrogens (primary N) is 2. The molecule has 1 aromatic heterocycles. The maximum Gasteiger partial charge on any atom is 0.185 e. The number of nitrogens with zero attached hydrogens (tertiary/aromatic N) is 4. The SMILES string of the molecule is Cl.NC(N)=NCCc1cn(Cc2ccc3ccccc3c2)nn1. The number of aromatic nitrogens is 3. The zero-order chi connectivity index (χ0) is 15.4. The van der Waals surface area contributed by atoms with E-state index in [-0.39, 0.29) is 18.4 Å². The molecule has 0 atom stereocenters. The summed E-state index contributed by atoms with van der Waals surface area (Å²) in [7, 11) is 0. The molecule has 23 heavy (non-hydrogen) atoms. The van der Waals surface area contributed by atoms with Crippen LogP contribution < -0.4 is 11.5 Å². The van der Waals surface area contributed by atoms with E-state index < -0.39 is 0 Å². The third kappa shape index (κ3) is 4.43. The first-order chi connectivity index (χ1) is 10.7. The van der Waals surface area contributed by atoms with Crippen molar-refractivity contribution in [3.05, 3.63) is 59.9 Å². The van der Waals surface area contributed by atoms with Gasteiger partial charge in [-0.3, -0.25) is 4.99 Å². The molecule has 6 nitrogen and oxygen atoms in total. The molecule has 0 saturated heterocycles. The lowest BCUT2D eigenvalue weighted by molar-refractivity contribution is 0.649. The summed E-state index contributed by atoms with van der Waals surface area (Å²) >= 11 is 0. The molecule has 0 aliphatic carbocycles. The molecular weight excluding hydrogens is 312 g/mol. The van der Waals surface area contributed by atoms with Gasteiger partial charge in [-0.2, -0.15) is 0 Å². The van der Waals surface area contributed by atoms with Crippen LogP contribution in [0.25, 0.3) is 10.8 Å². The molecule has 0 fully saturated rings. The molecule has 0 amide bonds. The summed E-state index contributed by atoms with van der Waals surface area (Å²) in [6, 6.07) is 14.7. The number of aliphatic imine (C=N–C) groups is 1. The largest absolute Gasteiger partial charge is 0.370 e. The van der Waals surface area contributed by atoms with Crippen molar-refractivity contribution in [3.63, 3.8) is 0 Å². The van der Waals surface area contributed by atoms with Crippen molar-refractivity contribution in [1.29, 1.82) is 0 Å². The maximum absolute atomic E-state index is 5.30. The van der Waals surface area contributed by atoms with Crippen LogP contribution in [0.1, 0.15) is 11.3 Å². The van der Waals surface area contributed by atoms with E-state index >= 15 is 0 Å². The number of rotatable bonds is 5. The van der Waals surface area contributed by atoms with Gasteiger partial charge in [-0.1, -0.05) is 41.6 Å². The Morgan fingerprint density at radius 2 is 1.87 bits per heavy atom. The lowest BCUT2D eigenvalue weighted by Gasteiger charge is -2.03. The van der Waals surface area contributed by atoms with Crippen LogP contribution in [-0.4, -0.2) is 27.5 Å². The van der Waals surface area contributed by atoms with Gasteiger partial charge in [0.1, 0.15) is 0 Å². The summed E-state index contributed by atoms with van der Waals surface area (Å²) in [5.74, 6) is 0.101. The molecule has 3 aromatic rings. The number of benzene rings is 2. The van der Waals surface area contributed by atoms with Crippen LogP contribution in [0.15, 0.2) is 53.7 Å². The number of halogens is 1. The lowest BCUT2D eigenvalue weighted by atomic mass is 10.1. The summed E-state index contributed by atoms with van der Waals surface area (Å²) in [5, 5.41) is 10.7. The Labute approximate surface area is 140 Å². The lowest BCUT2D eigenvalue weighted by Crippen LogP contribution is -2.23. The Morgan fingerprint density at radius 1 is 1.09 bits per heavy atom. The van der Waals surface area contributed by atoms with Gasteiger partial charge < -0.3 is 11.5 Å². The normalized spacial score (nSPS) is 10.3. The molecule has 0 aliphatic heterocycles. The zero-order valence-electron chi connectivity index (χ0n) is 12.6. The highest BCUT2D eigenvalue weighted by atomic mass is 35.5. The van der Waals surface area contributed by atoms with Crippen molar-refractivity contribution in [3.8, 4) is 0 Å². The van der Waals surface area contributed by atoms with Crippen LogP contribution in [0.2, 0.25) is 0 Å². The van der Waals surface area contributed by atoms with E-state index in [1.54, 1.807) is 0 Å². The van der Waals surface area contributed by atoms with E-state index in [1.807, 2.05) is 23.0 Å². The summed E-state index contributed by atoms with van der Waals surface area (Å²) in [6.45, 7) is 1.22. The second kappa shape index (κ2) is 7.60. The minimum atomic E-state index is 0. The number of fused-ring (bicyclic) bond motifs is 1. The third-order valence-electron chi connectivity index (χ3n) is 3.41. The van der Waals surface area contributed by atoms with Crippen molar-refractivity contribution in [2.24, 2.45) is 16.5 Å². The standard InChI is InChI=1S/C16H18N6.ClH/c17-16(18)19-8-7-15-11-22(21-20-15)10-12-5-6-13-3-1-2-4-14(13)9-12;/h1-6,9,11H,7-8,10H2,(H4,17,18,19);1H. The van der Waals surface area contributed by atoms with E-state index in [0.717, 1.165) is 5.69 Å². The topological polar surface area (TPSA) is 95.1 Å². The molecular formula is C16H19ClN6. The number of hydrogen-bond acceptors (Lipinski definition) is 3. The number of hydrogen-bond donors (Lipinski definition) is 2. The van der Waals surface area contributed by atoms with Gasteiger partial charge in [0.15, 0.2) is 5.96 Å². The van der Waals surface area contributed by atoms with Gasteiger partial charge in [0.25, 0.3) is 0 Å². The van der Waals surface area contributed by atoms with Crippen LogP contribution in [0, 0.1) is 0 Å². The molecule has 4 N–H and O–H groups in total. The van der Waals surface area contributed by atoms with Crippen LogP contribution in [0.5, 0.6) is 0 Å². The predicted octanol–water partition coefficient (Wildman–Crippen LogP) is 1.72. The van der Waals surface area contributed by atoms with Crippen LogP contribution in [-0.2, 0) is 13.0 Å². The van der Waals surface area contributed by atoms with Crippen LogP contribution in [0.4, 0.5) is 0 Å². The van der Waals surface area contributed by atoms with E-state index in [9.17, 15) is 0 Å². The van der Waals surface area contributed by atoms with E-state index in [0.29, 0.717) is 19.5 Å². The van der Waals surface area contributed by atoms with Crippen LogP contribution in [0.3, 0.4) is 0 Å². The molecule has 0 saturated carbocycles. The molecule has 7 heteroatoms. The van der Waals surface area contributed by atoms with Gasteiger partial charge >= 0.3 is 0 Å². The Balaban J connectivity index is 0.00000192. The van der Waals surface area contributed by atoms with Crippen molar-refractivity contribution >= 4 is 29.1 Å². The van der Waals surface area contributed by atoms with Crippen molar-refractivity contribution in [2.45, 2.75) is 13.0 Å². The fourth-order valence-corrected chi connectivity index (χ4v) is 2.35. The second-order valence-electron chi connectivity index (χ2n) is 5.15. The molecule has 0 bridgehead atoms. The highest BCUT2D eigenvalue weighted by Gasteiger charge is 2.02. The van der Waals surface area contributed by atoms with Gasteiger partial charge in [0.05, 0.1) is 12.2 Å². The average molecular weight is 331 g/mol. The summed E-state index contributed by atoms with van der Waals surface area (Å²) in [5.41, 5.74) is 12.7. The van der Waals surface area contributed by atoms with E-state index in [2.05, 4.69) is 45.6 Å². The first kappa shape index (κ1) is 16.8. The quantitative estimate of drug-likeness (QED) is 0.550. The first-order valence-corrected chi connectivity index (χ1v) is 7.13. The Bertz CT molecular complexity index is 807. The first-order valence-electron chi connectivity index (χ1n) is 7.13. The van der Waals surface area contributed by atoms with Crippen molar-refractivity contribution < 1.29 is 0 Å². The molecule has 120 valence electrons. The fraction of sp³-hybridized carbons (Fsp3) is 0.188. The van der Waals surface area contributed by atoms with E-state index in [1.165, 1.54) is 16.3 Å². The highest BCUT2D eigenvalue weighted by Crippen LogP contribution is 2.16. The second-order valence-corrected chi connectivity index (χ2v) is 5.15. The molecule has 2 aromatic carbocycles. The van der Waals surface area contributed by atoms with Crippen LogP contribution >= 0.6 is 12.4 Å². The Kier molecular flexibility index (Phi) is 5.54. The predicted molar refractivity (Wildman–Crippen MR) is 94.7 cm³/mol. The highest BCUT2D eigenvalue weighted by molar-refractivity contribution is 5.85. The Morgan fingerprint density at radius 3 is 2.65 bits per heavy atom. The summed E-state index contributed by atoms with van der Waals surface area (Å²) < 4.78 is 1.83. The molecule has 0 radical (unpaired) electrons. The fourth-order valence-electron chi connectivity index (χ4n) is 2.35. The third-order valence-corrected chi connectivity index (χ3v) is 3.41. The summed E-state index contributed by atoms with van der Waals surface area (Å²) in [4.78, 5) is 3.94. The van der Waals surface area contributed by atoms with Gasteiger partial charge in [-0.15, -0.1) is 17.5 Å². The van der Waals surface area contributed by atoms with Gasteiger partial charge in [0.2, 0.25) is 0 Å².